The number of ether oxygens (including phenoxy) is 1. The molecule has 0 aromatic heterocycles. The van der Waals surface area contributed by atoms with Crippen molar-refractivity contribution in [3.63, 3.8) is 0 Å². The molecular formula is C11H23NO4S. The average Bonchev–Trinajstić information content (AvgIpc) is 2.06. The first-order valence-corrected chi connectivity index (χ1v) is 7.76. The molecule has 0 aromatic rings. The Labute approximate surface area is 104 Å². The first-order valence-electron chi connectivity index (χ1n) is 5.70. The van der Waals surface area contributed by atoms with Crippen molar-refractivity contribution >= 4 is 15.8 Å². The summed E-state index contributed by atoms with van der Waals surface area (Å²) in [4.78, 5) is 11.3. The van der Waals surface area contributed by atoms with E-state index in [1.165, 1.54) is 6.26 Å². The topological polar surface area (TPSA) is 72.5 Å². The quantitative estimate of drug-likeness (QED) is 0.543. The third kappa shape index (κ3) is 13.3. The fourth-order valence-corrected chi connectivity index (χ4v) is 1.84. The van der Waals surface area contributed by atoms with Crippen molar-refractivity contribution in [2.45, 2.75) is 39.2 Å². The van der Waals surface area contributed by atoms with E-state index in [1.807, 2.05) is 20.8 Å². The second-order valence-corrected chi connectivity index (χ2v) is 7.33. The minimum Gasteiger partial charge on any atom is -0.460 e. The number of hydrogen-bond donors (Lipinski definition) is 1. The fourth-order valence-electron chi connectivity index (χ4n) is 1.17. The zero-order valence-electron chi connectivity index (χ0n) is 11.1. The zero-order chi connectivity index (χ0) is 13.5. The first kappa shape index (κ1) is 16.4. The van der Waals surface area contributed by atoms with Gasteiger partial charge in [0.05, 0.1) is 12.2 Å². The SMILES string of the molecule is CC(C)(C)OC(=O)CCNCCCS(C)(=O)=O. The van der Waals surface area contributed by atoms with Gasteiger partial charge in [0.2, 0.25) is 0 Å². The smallest absolute Gasteiger partial charge is 0.307 e. The predicted octanol–water partition coefficient (Wildman–Crippen LogP) is 0.742. The van der Waals surface area contributed by atoms with E-state index in [2.05, 4.69) is 5.32 Å². The molecule has 102 valence electrons. The second-order valence-electron chi connectivity index (χ2n) is 5.07. The van der Waals surface area contributed by atoms with Crippen molar-refractivity contribution in [2.24, 2.45) is 0 Å². The van der Waals surface area contributed by atoms with Crippen LogP contribution >= 0.6 is 0 Å². The van der Waals surface area contributed by atoms with Crippen LogP contribution in [0.5, 0.6) is 0 Å². The number of hydrogen-bond acceptors (Lipinski definition) is 5. The molecule has 0 heterocycles. The van der Waals surface area contributed by atoms with Crippen molar-refractivity contribution in [3.8, 4) is 0 Å². The molecule has 0 aliphatic carbocycles. The van der Waals surface area contributed by atoms with E-state index in [0.29, 0.717) is 25.9 Å². The molecule has 0 amide bonds. The highest BCUT2D eigenvalue weighted by Gasteiger charge is 2.15. The van der Waals surface area contributed by atoms with Crippen LogP contribution in [0.25, 0.3) is 0 Å². The molecule has 0 aliphatic rings. The van der Waals surface area contributed by atoms with Gasteiger partial charge in [-0.05, 0) is 33.7 Å². The summed E-state index contributed by atoms with van der Waals surface area (Å²) in [6.45, 7) is 6.58. The third-order valence-electron chi connectivity index (χ3n) is 1.79. The highest BCUT2D eigenvalue weighted by atomic mass is 32.2. The van der Waals surface area contributed by atoms with Crippen molar-refractivity contribution in [1.29, 1.82) is 0 Å². The maximum absolute atomic E-state index is 11.3. The minimum atomic E-state index is -2.88. The lowest BCUT2D eigenvalue weighted by Crippen LogP contribution is -2.27. The van der Waals surface area contributed by atoms with Gasteiger partial charge >= 0.3 is 5.97 Å². The van der Waals surface area contributed by atoms with Gasteiger partial charge in [0, 0.05) is 12.8 Å². The van der Waals surface area contributed by atoms with Crippen LogP contribution in [0, 0.1) is 0 Å². The highest BCUT2D eigenvalue weighted by molar-refractivity contribution is 7.90. The average molecular weight is 265 g/mol. The number of sulfone groups is 1. The van der Waals surface area contributed by atoms with Crippen LogP contribution in [-0.2, 0) is 19.4 Å². The Morgan fingerprint density at radius 1 is 1.24 bits per heavy atom. The molecule has 1 N–H and O–H groups in total. The third-order valence-corrected chi connectivity index (χ3v) is 2.82. The van der Waals surface area contributed by atoms with E-state index in [4.69, 9.17) is 4.74 Å². The van der Waals surface area contributed by atoms with Gasteiger partial charge < -0.3 is 10.1 Å². The Hall–Kier alpha value is -0.620. The number of nitrogens with one attached hydrogen (secondary N) is 1. The van der Waals surface area contributed by atoms with E-state index in [9.17, 15) is 13.2 Å². The lowest BCUT2D eigenvalue weighted by atomic mass is 10.2. The summed E-state index contributed by atoms with van der Waals surface area (Å²) in [6, 6.07) is 0. The fraction of sp³-hybridized carbons (Fsp3) is 0.909. The summed E-state index contributed by atoms with van der Waals surface area (Å²) in [7, 11) is -2.88. The second kappa shape index (κ2) is 6.96. The molecule has 0 aliphatic heterocycles. The summed E-state index contributed by atoms with van der Waals surface area (Å²) >= 11 is 0. The van der Waals surface area contributed by atoms with Gasteiger partial charge in [0.1, 0.15) is 15.4 Å². The molecule has 0 spiro atoms. The zero-order valence-corrected chi connectivity index (χ0v) is 11.9. The molecule has 0 bridgehead atoms. The monoisotopic (exact) mass is 265 g/mol. The Kier molecular flexibility index (Phi) is 6.70. The molecular weight excluding hydrogens is 242 g/mol. The molecule has 0 fully saturated rings. The van der Waals surface area contributed by atoms with E-state index >= 15 is 0 Å². The van der Waals surface area contributed by atoms with E-state index in [1.54, 1.807) is 0 Å². The number of rotatable bonds is 7. The van der Waals surface area contributed by atoms with Gasteiger partial charge in [0.25, 0.3) is 0 Å². The van der Waals surface area contributed by atoms with Crippen molar-refractivity contribution < 1.29 is 17.9 Å². The molecule has 17 heavy (non-hydrogen) atoms. The van der Waals surface area contributed by atoms with Gasteiger partial charge in [-0.15, -0.1) is 0 Å². The minimum absolute atomic E-state index is 0.173. The molecule has 0 radical (unpaired) electrons. The summed E-state index contributed by atoms with van der Waals surface area (Å²) in [5.74, 6) is -0.0694. The van der Waals surface area contributed by atoms with E-state index in [0.717, 1.165) is 0 Å². The van der Waals surface area contributed by atoms with Gasteiger partial charge in [-0.2, -0.15) is 0 Å². The summed E-state index contributed by atoms with van der Waals surface area (Å²) in [6.07, 6.45) is 2.08. The van der Waals surface area contributed by atoms with Crippen LogP contribution in [0.15, 0.2) is 0 Å². The molecule has 5 nitrogen and oxygen atoms in total. The Bertz CT molecular complexity index is 330. The lowest BCUT2D eigenvalue weighted by Gasteiger charge is -2.19. The van der Waals surface area contributed by atoms with E-state index in [-0.39, 0.29) is 11.7 Å². The highest BCUT2D eigenvalue weighted by Crippen LogP contribution is 2.07. The van der Waals surface area contributed by atoms with Gasteiger partial charge in [-0.3, -0.25) is 4.79 Å². The summed E-state index contributed by atoms with van der Waals surface area (Å²) in [5.41, 5.74) is -0.451. The molecule has 0 saturated heterocycles. The lowest BCUT2D eigenvalue weighted by molar-refractivity contribution is -0.154. The van der Waals surface area contributed by atoms with Gasteiger partial charge in [0.15, 0.2) is 0 Å². The molecule has 0 aromatic carbocycles. The molecule has 0 unspecified atom stereocenters. The Morgan fingerprint density at radius 3 is 2.29 bits per heavy atom. The Morgan fingerprint density at radius 2 is 1.82 bits per heavy atom. The van der Waals surface area contributed by atoms with Crippen LogP contribution in [0.1, 0.15) is 33.6 Å². The summed E-state index contributed by atoms with van der Waals surface area (Å²) in [5, 5.41) is 3.01. The van der Waals surface area contributed by atoms with Crippen LogP contribution in [-0.4, -0.2) is 45.1 Å². The Balaban J connectivity index is 3.50. The molecule has 0 saturated carbocycles. The summed E-state index contributed by atoms with van der Waals surface area (Å²) < 4.78 is 26.8. The standard InChI is InChI=1S/C11H23NO4S/c1-11(2,3)16-10(13)6-8-12-7-5-9-17(4,14)15/h12H,5-9H2,1-4H3. The maximum atomic E-state index is 11.3. The van der Waals surface area contributed by atoms with Crippen LogP contribution in [0.4, 0.5) is 0 Å². The van der Waals surface area contributed by atoms with Crippen molar-refractivity contribution in [2.75, 3.05) is 25.1 Å². The first-order chi connectivity index (χ1) is 7.60. The number of carbonyl (C=O) groups excluding carboxylic acids is 1. The molecule has 0 rings (SSSR count). The van der Waals surface area contributed by atoms with Crippen LogP contribution in [0.3, 0.4) is 0 Å². The van der Waals surface area contributed by atoms with Gasteiger partial charge in [-0.25, -0.2) is 8.42 Å². The molecule has 6 heteroatoms. The number of esters is 1. The van der Waals surface area contributed by atoms with Crippen LogP contribution in [0.2, 0.25) is 0 Å². The predicted molar refractivity (Wildman–Crippen MR) is 67.7 cm³/mol. The van der Waals surface area contributed by atoms with Gasteiger partial charge in [-0.1, -0.05) is 0 Å². The largest absolute Gasteiger partial charge is 0.460 e. The van der Waals surface area contributed by atoms with E-state index < -0.39 is 15.4 Å². The normalized spacial score (nSPS) is 12.5. The maximum Gasteiger partial charge on any atom is 0.307 e. The van der Waals surface area contributed by atoms with Crippen molar-refractivity contribution in [1.82, 2.24) is 5.32 Å². The van der Waals surface area contributed by atoms with Crippen molar-refractivity contribution in [3.05, 3.63) is 0 Å². The van der Waals surface area contributed by atoms with Crippen LogP contribution < -0.4 is 5.32 Å². The molecule has 0 atom stereocenters. The number of carbonyl (C=O) groups is 1.